The standard InChI is InChI=1S/C15H21ClN2O3/c1-19-11-2-4-18(5-3-11)13(8-17)10-6-12(16)15-14(7-10)20-9-21-15/h6-7,11,13H,2-5,8-9,17H2,1H3. The van der Waals surface area contributed by atoms with E-state index >= 15 is 0 Å². The zero-order valence-corrected chi connectivity index (χ0v) is 12.9. The molecule has 2 N–H and O–H groups in total. The van der Waals surface area contributed by atoms with Crippen molar-refractivity contribution in [1.29, 1.82) is 0 Å². The maximum atomic E-state index is 6.28. The molecule has 0 spiro atoms. The molecule has 0 radical (unpaired) electrons. The Kier molecular flexibility index (Phi) is 4.54. The molecule has 0 aromatic heterocycles. The highest BCUT2D eigenvalue weighted by atomic mass is 35.5. The van der Waals surface area contributed by atoms with Gasteiger partial charge in [-0.1, -0.05) is 11.6 Å². The maximum absolute atomic E-state index is 6.28. The fourth-order valence-electron chi connectivity index (χ4n) is 3.10. The lowest BCUT2D eigenvalue weighted by Crippen LogP contribution is -2.41. The number of halogens is 1. The third-order valence-corrected chi connectivity index (χ3v) is 4.59. The second-order valence-corrected chi connectivity index (χ2v) is 5.87. The van der Waals surface area contributed by atoms with Gasteiger partial charge in [-0.3, -0.25) is 4.90 Å². The fraction of sp³-hybridized carbons (Fsp3) is 0.600. The number of nitrogens with two attached hydrogens (primary N) is 1. The number of hydrogen-bond donors (Lipinski definition) is 1. The number of fused-ring (bicyclic) bond motifs is 1. The molecule has 2 aliphatic rings. The second-order valence-electron chi connectivity index (χ2n) is 5.46. The van der Waals surface area contributed by atoms with Crippen molar-refractivity contribution in [3.63, 3.8) is 0 Å². The largest absolute Gasteiger partial charge is 0.454 e. The summed E-state index contributed by atoms with van der Waals surface area (Å²) in [5, 5.41) is 0.588. The van der Waals surface area contributed by atoms with E-state index in [1.807, 2.05) is 12.1 Å². The topological polar surface area (TPSA) is 57.0 Å². The highest BCUT2D eigenvalue weighted by Crippen LogP contribution is 2.42. The molecule has 1 fully saturated rings. The lowest BCUT2D eigenvalue weighted by Gasteiger charge is -2.37. The molecule has 0 amide bonds. The van der Waals surface area contributed by atoms with E-state index in [1.165, 1.54) is 0 Å². The van der Waals surface area contributed by atoms with E-state index in [9.17, 15) is 0 Å². The van der Waals surface area contributed by atoms with Gasteiger partial charge in [-0.05, 0) is 30.5 Å². The van der Waals surface area contributed by atoms with Gasteiger partial charge in [-0.25, -0.2) is 0 Å². The van der Waals surface area contributed by atoms with Gasteiger partial charge in [0.1, 0.15) is 0 Å². The maximum Gasteiger partial charge on any atom is 0.231 e. The van der Waals surface area contributed by atoms with Crippen LogP contribution in [0.15, 0.2) is 12.1 Å². The van der Waals surface area contributed by atoms with Gasteiger partial charge < -0.3 is 19.9 Å². The van der Waals surface area contributed by atoms with Crippen LogP contribution in [0.4, 0.5) is 0 Å². The molecule has 1 saturated heterocycles. The molecule has 1 aromatic carbocycles. The van der Waals surface area contributed by atoms with Crippen LogP contribution >= 0.6 is 11.6 Å². The molecule has 0 aliphatic carbocycles. The van der Waals surface area contributed by atoms with Gasteiger partial charge in [0.15, 0.2) is 11.5 Å². The zero-order valence-electron chi connectivity index (χ0n) is 12.2. The second kappa shape index (κ2) is 6.40. The molecular formula is C15H21ClN2O3. The average Bonchev–Trinajstić information content (AvgIpc) is 2.98. The molecule has 2 aliphatic heterocycles. The number of benzene rings is 1. The first-order chi connectivity index (χ1) is 10.2. The Morgan fingerprint density at radius 3 is 2.81 bits per heavy atom. The monoisotopic (exact) mass is 312 g/mol. The van der Waals surface area contributed by atoms with Crippen molar-refractivity contribution in [2.45, 2.75) is 25.0 Å². The van der Waals surface area contributed by atoms with Crippen molar-refractivity contribution in [2.24, 2.45) is 5.73 Å². The minimum absolute atomic E-state index is 0.148. The van der Waals surface area contributed by atoms with Gasteiger partial charge in [0.05, 0.1) is 11.1 Å². The smallest absolute Gasteiger partial charge is 0.231 e. The number of rotatable bonds is 4. The Labute approximate surface area is 129 Å². The van der Waals surface area contributed by atoms with Crippen LogP contribution in [-0.2, 0) is 4.74 Å². The summed E-state index contributed by atoms with van der Waals surface area (Å²) in [6, 6.07) is 4.08. The van der Waals surface area contributed by atoms with E-state index in [2.05, 4.69) is 4.90 Å². The van der Waals surface area contributed by atoms with Gasteiger partial charge in [0.2, 0.25) is 6.79 Å². The number of hydrogen-bond acceptors (Lipinski definition) is 5. The van der Waals surface area contributed by atoms with Crippen LogP contribution in [0.25, 0.3) is 0 Å². The highest BCUT2D eigenvalue weighted by Gasteiger charge is 2.27. The third kappa shape index (κ3) is 2.97. The van der Waals surface area contributed by atoms with Crippen LogP contribution in [0.3, 0.4) is 0 Å². The Morgan fingerprint density at radius 1 is 1.38 bits per heavy atom. The van der Waals surface area contributed by atoms with Gasteiger partial charge in [-0.2, -0.15) is 0 Å². The quantitative estimate of drug-likeness (QED) is 0.923. The van der Waals surface area contributed by atoms with Crippen LogP contribution in [0, 0.1) is 0 Å². The van der Waals surface area contributed by atoms with Gasteiger partial charge in [0.25, 0.3) is 0 Å². The molecule has 1 atom stereocenters. The van der Waals surface area contributed by atoms with Crippen molar-refractivity contribution < 1.29 is 14.2 Å². The minimum Gasteiger partial charge on any atom is -0.454 e. The lowest BCUT2D eigenvalue weighted by atomic mass is 10.00. The van der Waals surface area contributed by atoms with Crippen LogP contribution in [0.5, 0.6) is 11.5 Å². The Bertz CT molecular complexity index is 504. The van der Waals surface area contributed by atoms with Crippen molar-refractivity contribution >= 4 is 11.6 Å². The van der Waals surface area contributed by atoms with E-state index in [0.717, 1.165) is 31.5 Å². The van der Waals surface area contributed by atoms with Crippen LogP contribution in [0.2, 0.25) is 5.02 Å². The molecule has 21 heavy (non-hydrogen) atoms. The summed E-state index contributed by atoms with van der Waals surface area (Å²) < 4.78 is 16.2. The zero-order chi connectivity index (χ0) is 14.8. The minimum atomic E-state index is 0.148. The van der Waals surface area contributed by atoms with E-state index < -0.39 is 0 Å². The SMILES string of the molecule is COC1CCN(C(CN)c2cc(Cl)c3c(c2)OCO3)CC1. The third-order valence-electron chi connectivity index (χ3n) is 4.31. The molecule has 5 nitrogen and oxygen atoms in total. The van der Waals surface area contributed by atoms with Crippen molar-refractivity contribution in [3.05, 3.63) is 22.7 Å². The van der Waals surface area contributed by atoms with Crippen LogP contribution in [0.1, 0.15) is 24.4 Å². The number of piperidine rings is 1. The lowest BCUT2D eigenvalue weighted by molar-refractivity contribution is 0.0280. The Hall–Kier alpha value is -1.01. The van der Waals surface area contributed by atoms with E-state index in [1.54, 1.807) is 7.11 Å². The number of nitrogens with zero attached hydrogens (tertiary/aromatic N) is 1. The summed E-state index contributed by atoms with van der Waals surface area (Å²) in [4.78, 5) is 2.39. The first-order valence-corrected chi connectivity index (χ1v) is 7.66. The van der Waals surface area contributed by atoms with Crippen molar-refractivity contribution in [3.8, 4) is 11.5 Å². The molecular weight excluding hydrogens is 292 g/mol. The van der Waals surface area contributed by atoms with E-state index in [4.69, 9.17) is 31.5 Å². The summed E-state index contributed by atoms with van der Waals surface area (Å²) in [6.45, 7) is 2.73. The van der Waals surface area contributed by atoms with E-state index in [-0.39, 0.29) is 12.8 Å². The summed E-state index contributed by atoms with van der Waals surface area (Å²) in [5.74, 6) is 1.34. The van der Waals surface area contributed by atoms with Crippen LogP contribution < -0.4 is 15.2 Å². The molecule has 0 bridgehead atoms. The molecule has 116 valence electrons. The number of methoxy groups -OCH3 is 1. The van der Waals surface area contributed by atoms with Crippen molar-refractivity contribution in [2.75, 3.05) is 33.5 Å². The Morgan fingerprint density at radius 2 is 2.14 bits per heavy atom. The number of ether oxygens (including phenoxy) is 3. The predicted octanol–water partition coefficient (Wildman–Crippen LogP) is 2.18. The van der Waals surface area contributed by atoms with Crippen LogP contribution in [-0.4, -0.2) is 44.5 Å². The van der Waals surface area contributed by atoms with E-state index in [0.29, 0.717) is 29.2 Å². The van der Waals surface area contributed by atoms with Gasteiger partial charge in [-0.15, -0.1) is 0 Å². The fourth-order valence-corrected chi connectivity index (χ4v) is 3.37. The first-order valence-electron chi connectivity index (χ1n) is 7.29. The molecule has 3 rings (SSSR count). The first kappa shape index (κ1) is 14.9. The number of likely N-dealkylation sites (tertiary alicyclic amines) is 1. The average molecular weight is 313 g/mol. The van der Waals surface area contributed by atoms with Gasteiger partial charge in [0, 0.05) is 32.8 Å². The normalized spacial score (nSPS) is 20.7. The summed E-state index contributed by atoms with van der Waals surface area (Å²) in [7, 11) is 1.78. The molecule has 1 aromatic rings. The predicted molar refractivity (Wildman–Crippen MR) is 81.0 cm³/mol. The Balaban J connectivity index is 1.79. The summed E-state index contributed by atoms with van der Waals surface area (Å²) >= 11 is 6.28. The highest BCUT2D eigenvalue weighted by molar-refractivity contribution is 6.32. The van der Waals surface area contributed by atoms with Gasteiger partial charge >= 0.3 is 0 Å². The van der Waals surface area contributed by atoms with Crippen molar-refractivity contribution in [1.82, 2.24) is 4.90 Å². The summed E-state index contributed by atoms with van der Waals surface area (Å²) in [5.41, 5.74) is 7.10. The molecule has 1 unspecified atom stereocenters. The molecule has 0 saturated carbocycles. The summed E-state index contributed by atoms with van der Waals surface area (Å²) in [6.07, 6.45) is 2.43. The molecule has 2 heterocycles. The molecule has 6 heteroatoms.